The zero-order valence-corrected chi connectivity index (χ0v) is 18.2. The highest BCUT2D eigenvalue weighted by molar-refractivity contribution is 7.92. The lowest BCUT2D eigenvalue weighted by Gasteiger charge is -2.13. The number of carbonyl (C=O) groups excluding carboxylic acids is 2. The van der Waals surface area contributed by atoms with E-state index in [0.717, 1.165) is 11.1 Å². The molecule has 160 valence electrons. The third kappa shape index (κ3) is 5.70. The molecule has 0 unspecified atom stereocenters. The predicted octanol–water partition coefficient (Wildman–Crippen LogP) is 4.31. The molecule has 0 heterocycles. The minimum absolute atomic E-state index is 0.0351. The topological polar surface area (TPSA) is 104 Å². The van der Waals surface area contributed by atoms with Crippen molar-refractivity contribution in [1.29, 1.82) is 0 Å². The van der Waals surface area contributed by atoms with Crippen LogP contribution in [0.4, 0.5) is 17.1 Å². The first-order valence-corrected chi connectivity index (χ1v) is 11.0. The van der Waals surface area contributed by atoms with Crippen molar-refractivity contribution in [1.82, 2.24) is 0 Å². The summed E-state index contributed by atoms with van der Waals surface area (Å²) in [6, 6.07) is 17.9. The van der Waals surface area contributed by atoms with Gasteiger partial charge in [-0.05, 0) is 61.9 Å². The van der Waals surface area contributed by atoms with Crippen molar-refractivity contribution in [3.8, 4) is 0 Å². The van der Waals surface area contributed by atoms with Gasteiger partial charge in [-0.2, -0.15) is 0 Å². The van der Waals surface area contributed by atoms with Crippen LogP contribution >= 0.6 is 0 Å². The van der Waals surface area contributed by atoms with E-state index in [1.54, 1.807) is 36.4 Å². The van der Waals surface area contributed by atoms with Crippen molar-refractivity contribution >= 4 is 38.9 Å². The van der Waals surface area contributed by atoms with Crippen LogP contribution in [0, 0.1) is 13.8 Å². The molecule has 0 atom stereocenters. The Labute approximate surface area is 181 Å². The average molecular weight is 438 g/mol. The van der Waals surface area contributed by atoms with Crippen molar-refractivity contribution in [2.45, 2.75) is 25.7 Å². The first-order valence-electron chi connectivity index (χ1n) is 9.53. The third-order valence-electron chi connectivity index (χ3n) is 4.44. The molecule has 0 aliphatic rings. The van der Waals surface area contributed by atoms with Crippen LogP contribution in [0.1, 0.15) is 28.4 Å². The molecular weight excluding hydrogens is 414 g/mol. The third-order valence-corrected chi connectivity index (χ3v) is 5.82. The fourth-order valence-corrected chi connectivity index (χ4v) is 4.00. The van der Waals surface area contributed by atoms with Crippen LogP contribution < -0.4 is 15.4 Å². The first-order chi connectivity index (χ1) is 14.6. The highest BCUT2D eigenvalue weighted by Gasteiger charge is 2.17. The molecule has 0 bridgehead atoms. The number of rotatable bonds is 6. The maximum absolute atomic E-state index is 12.8. The highest BCUT2D eigenvalue weighted by atomic mass is 32.2. The van der Waals surface area contributed by atoms with Crippen LogP contribution in [0.15, 0.2) is 71.6 Å². The van der Waals surface area contributed by atoms with Crippen molar-refractivity contribution in [3.05, 3.63) is 83.4 Å². The molecule has 3 aromatic carbocycles. The Morgan fingerprint density at radius 1 is 0.774 bits per heavy atom. The van der Waals surface area contributed by atoms with Gasteiger partial charge in [0.05, 0.1) is 16.3 Å². The molecule has 0 aliphatic carbocycles. The second kappa shape index (κ2) is 9.01. The molecule has 3 N–H and O–H groups in total. The lowest BCUT2D eigenvalue weighted by molar-refractivity contribution is -0.114. The Hall–Kier alpha value is -3.65. The van der Waals surface area contributed by atoms with Crippen molar-refractivity contribution in [2.75, 3.05) is 15.4 Å². The number of sulfonamides is 1. The van der Waals surface area contributed by atoms with Crippen LogP contribution in [0.2, 0.25) is 0 Å². The lowest BCUT2D eigenvalue weighted by atomic mass is 10.1. The van der Waals surface area contributed by atoms with Crippen molar-refractivity contribution in [3.63, 3.8) is 0 Å². The molecule has 2 amide bonds. The summed E-state index contributed by atoms with van der Waals surface area (Å²) < 4.78 is 28.0. The largest absolute Gasteiger partial charge is 0.325 e. The fraction of sp³-hybridized carbons (Fsp3) is 0.130. The molecule has 0 fully saturated rings. The van der Waals surface area contributed by atoms with Crippen LogP contribution in [0.25, 0.3) is 0 Å². The second-order valence-electron chi connectivity index (χ2n) is 7.18. The summed E-state index contributed by atoms with van der Waals surface area (Å²) in [7, 11) is -3.87. The average Bonchev–Trinajstić information content (AvgIpc) is 2.71. The summed E-state index contributed by atoms with van der Waals surface area (Å²) in [5.74, 6) is -0.765. The summed E-state index contributed by atoms with van der Waals surface area (Å²) in [5.41, 5.74) is 3.38. The summed E-state index contributed by atoms with van der Waals surface area (Å²) in [6.07, 6.45) is 0. The Morgan fingerprint density at radius 2 is 1.45 bits per heavy atom. The fourth-order valence-electron chi connectivity index (χ4n) is 2.89. The molecule has 0 spiro atoms. The maximum Gasteiger partial charge on any atom is 0.261 e. The molecule has 8 heteroatoms. The standard InChI is InChI=1S/C23H23N3O4S/c1-15-7-10-19(11-8-15)26-31(29,30)20-6-4-5-18(14-20)23(28)25-22-13-16(2)9-12-21(22)24-17(3)27/h4-14,26H,1-3H3,(H,24,27)(H,25,28). The van der Waals surface area contributed by atoms with Crippen LogP contribution in [0.5, 0.6) is 0 Å². The van der Waals surface area contributed by atoms with E-state index in [-0.39, 0.29) is 16.4 Å². The van der Waals surface area contributed by atoms with Gasteiger partial charge in [-0.15, -0.1) is 0 Å². The van der Waals surface area contributed by atoms with Gasteiger partial charge in [0.25, 0.3) is 15.9 Å². The van der Waals surface area contributed by atoms with Gasteiger partial charge >= 0.3 is 0 Å². The quantitative estimate of drug-likeness (QED) is 0.534. The minimum atomic E-state index is -3.87. The van der Waals surface area contributed by atoms with Crippen LogP contribution in [0.3, 0.4) is 0 Å². The van der Waals surface area contributed by atoms with Gasteiger partial charge in [-0.3, -0.25) is 14.3 Å². The number of amides is 2. The van der Waals surface area contributed by atoms with E-state index in [4.69, 9.17) is 0 Å². The molecule has 31 heavy (non-hydrogen) atoms. The minimum Gasteiger partial charge on any atom is -0.325 e. The molecule has 0 aliphatic heterocycles. The lowest BCUT2D eigenvalue weighted by Crippen LogP contribution is -2.17. The monoisotopic (exact) mass is 437 g/mol. The first kappa shape index (κ1) is 22.0. The van der Waals surface area contributed by atoms with Gasteiger partial charge in [0, 0.05) is 18.2 Å². The zero-order chi connectivity index (χ0) is 22.6. The van der Waals surface area contributed by atoms with Crippen LogP contribution in [-0.2, 0) is 14.8 Å². The number of benzene rings is 3. The summed E-state index contributed by atoms with van der Waals surface area (Å²) in [4.78, 5) is 24.2. The molecule has 0 saturated carbocycles. The van der Waals surface area contributed by atoms with Crippen molar-refractivity contribution in [2.24, 2.45) is 0 Å². The SMILES string of the molecule is CC(=O)Nc1ccc(C)cc1NC(=O)c1cccc(S(=O)(=O)Nc2ccc(C)cc2)c1. The van der Waals surface area contributed by atoms with E-state index >= 15 is 0 Å². The van der Waals surface area contributed by atoms with Gasteiger partial charge < -0.3 is 10.6 Å². The Bertz CT molecular complexity index is 1240. The number of nitrogens with one attached hydrogen (secondary N) is 3. The number of anilines is 3. The summed E-state index contributed by atoms with van der Waals surface area (Å²) >= 11 is 0. The molecule has 3 aromatic rings. The normalized spacial score (nSPS) is 10.9. The molecule has 0 saturated heterocycles. The van der Waals surface area contributed by atoms with Gasteiger partial charge in [0.2, 0.25) is 5.91 Å². The number of hydrogen-bond donors (Lipinski definition) is 3. The summed E-state index contributed by atoms with van der Waals surface area (Å²) in [5, 5.41) is 5.40. The highest BCUT2D eigenvalue weighted by Crippen LogP contribution is 2.24. The molecule has 3 rings (SSSR count). The summed E-state index contributed by atoms with van der Waals surface area (Å²) in [6.45, 7) is 5.14. The van der Waals surface area contributed by atoms with Gasteiger partial charge in [-0.25, -0.2) is 8.42 Å². The Kier molecular flexibility index (Phi) is 6.41. The van der Waals surface area contributed by atoms with E-state index in [9.17, 15) is 18.0 Å². The maximum atomic E-state index is 12.8. The van der Waals surface area contributed by atoms with Gasteiger partial charge in [-0.1, -0.05) is 29.8 Å². The van der Waals surface area contributed by atoms with Crippen LogP contribution in [-0.4, -0.2) is 20.2 Å². The second-order valence-corrected chi connectivity index (χ2v) is 8.87. The molecule has 7 nitrogen and oxygen atoms in total. The number of hydrogen-bond acceptors (Lipinski definition) is 4. The van der Waals surface area contributed by atoms with Gasteiger partial charge in [0.1, 0.15) is 0 Å². The van der Waals surface area contributed by atoms with E-state index in [2.05, 4.69) is 15.4 Å². The zero-order valence-electron chi connectivity index (χ0n) is 17.4. The smallest absolute Gasteiger partial charge is 0.261 e. The molecule has 0 radical (unpaired) electrons. The van der Waals surface area contributed by atoms with E-state index in [1.165, 1.54) is 31.2 Å². The Balaban J connectivity index is 1.84. The number of aryl methyl sites for hydroxylation is 2. The van der Waals surface area contributed by atoms with Gasteiger partial charge in [0.15, 0.2) is 0 Å². The van der Waals surface area contributed by atoms with E-state index in [1.807, 2.05) is 19.9 Å². The van der Waals surface area contributed by atoms with E-state index in [0.29, 0.717) is 17.1 Å². The predicted molar refractivity (Wildman–Crippen MR) is 122 cm³/mol. The Morgan fingerprint density at radius 3 is 2.13 bits per heavy atom. The molecular formula is C23H23N3O4S. The van der Waals surface area contributed by atoms with E-state index < -0.39 is 15.9 Å². The van der Waals surface area contributed by atoms with Crippen molar-refractivity contribution < 1.29 is 18.0 Å². The molecule has 0 aromatic heterocycles. The number of carbonyl (C=O) groups is 2.